The number of nitrogens with one attached hydrogen (secondary N) is 1. The molecule has 0 saturated heterocycles. The van der Waals surface area contributed by atoms with Gasteiger partial charge in [-0.05, 0) is 60.7 Å². The maximum Gasteiger partial charge on any atom is 0.253 e. The molecule has 94 valence electrons. The molecular weight excluding hydrogens is 292 g/mol. The fraction of sp³-hybridized carbons (Fsp3) is 0.429. The second kappa shape index (κ2) is 5.11. The van der Waals surface area contributed by atoms with Crippen LogP contribution in [-0.4, -0.2) is 11.4 Å². The first kappa shape index (κ1) is 13.1. The van der Waals surface area contributed by atoms with Gasteiger partial charge in [-0.25, -0.2) is 0 Å². The van der Waals surface area contributed by atoms with Gasteiger partial charge in [0.15, 0.2) is 0 Å². The molecule has 2 rings (SSSR count). The number of hydrogen-bond acceptors (Lipinski definition) is 2. The van der Waals surface area contributed by atoms with Gasteiger partial charge < -0.3 is 5.32 Å². The number of nitrogens with zero attached hydrogens (tertiary/aromatic N) is 1. The number of hydrogen-bond donors (Lipinski definition) is 1. The van der Waals surface area contributed by atoms with Crippen molar-refractivity contribution in [2.45, 2.75) is 38.1 Å². The molecule has 1 aromatic carbocycles. The minimum atomic E-state index is -0.666. The van der Waals surface area contributed by atoms with Gasteiger partial charge in [0.1, 0.15) is 5.54 Å². The van der Waals surface area contributed by atoms with Crippen molar-refractivity contribution in [2.24, 2.45) is 0 Å². The van der Waals surface area contributed by atoms with Gasteiger partial charge in [0.25, 0.3) is 5.91 Å². The molecule has 1 aliphatic rings. The summed E-state index contributed by atoms with van der Waals surface area (Å²) in [5, 5.41) is 12.2. The van der Waals surface area contributed by atoms with Gasteiger partial charge in [-0.2, -0.15) is 5.26 Å². The largest absolute Gasteiger partial charge is 0.334 e. The lowest BCUT2D eigenvalue weighted by Crippen LogP contribution is -2.45. The van der Waals surface area contributed by atoms with Crippen LogP contribution in [0.3, 0.4) is 0 Å². The third-order valence-electron chi connectivity index (χ3n) is 3.39. The first-order chi connectivity index (χ1) is 8.56. The molecule has 4 heteroatoms. The van der Waals surface area contributed by atoms with Crippen molar-refractivity contribution in [2.75, 3.05) is 0 Å². The predicted molar refractivity (Wildman–Crippen MR) is 73.2 cm³/mol. The quantitative estimate of drug-likeness (QED) is 0.911. The number of carbonyl (C=O) groups is 1. The minimum Gasteiger partial charge on any atom is -0.334 e. The van der Waals surface area contributed by atoms with Crippen LogP contribution in [-0.2, 0) is 0 Å². The molecule has 0 aromatic heterocycles. The molecule has 0 spiro atoms. The van der Waals surface area contributed by atoms with Gasteiger partial charge in [-0.15, -0.1) is 0 Å². The number of amides is 1. The highest BCUT2D eigenvalue weighted by Crippen LogP contribution is 2.29. The van der Waals surface area contributed by atoms with E-state index in [0.717, 1.165) is 35.7 Å². The Bertz CT molecular complexity index is 513. The number of benzene rings is 1. The predicted octanol–water partition coefficient (Wildman–Crippen LogP) is 3.32. The number of rotatable bonds is 2. The summed E-state index contributed by atoms with van der Waals surface area (Å²) in [4.78, 5) is 12.2. The average molecular weight is 307 g/mol. The lowest BCUT2D eigenvalue weighted by molar-refractivity contribution is 0.0920. The maximum atomic E-state index is 12.2. The SMILES string of the molecule is Cc1ccc(Br)c(C(=O)NC2(C#N)CCCC2)c1. The molecule has 1 aromatic rings. The summed E-state index contributed by atoms with van der Waals surface area (Å²) < 4.78 is 0.761. The fourth-order valence-electron chi connectivity index (χ4n) is 2.34. The van der Waals surface area contributed by atoms with E-state index in [-0.39, 0.29) is 5.91 Å². The van der Waals surface area contributed by atoms with Crippen molar-refractivity contribution in [3.8, 4) is 6.07 Å². The van der Waals surface area contributed by atoms with Gasteiger partial charge in [0.2, 0.25) is 0 Å². The van der Waals surface area contributed by atoms with Crippen molar-refractivity contribution in [3.05, 3.63) is 33.8 Å². The topological polar surface area (TPSA) is 52.9 Å². The van der Waals surface area contributed by atoms with Crippen molar-refractivity contribution < 1.29 is 4.79 Å². The molecule has 0 bridgehead atoms. The van der Waals surface area contributed by atoms with Crippen LogP contribution >= 0.6 is 15.9 Å². The van der Waals surface area contributed by atoms with E-state index in [1.54, 1.807) is 0 Å². The zero-order valence-electron chi connectivity index (χ0n) is 10.3. The third kappa shape index (κ3) is 2.56. The molecule has 1 fully saturated rings. The summed E-state index contributed by atoms with van der Waals surface area (Å²) >= 11 is 3.38. The van der Waals surface area contributed by atoms with Gasteiger partial charge in [-0.3, -0.25) is 4.79 Å². The zero-order chi connectivity index (χ0) is 13.2. The molecule has 1 amide bonds. The summed E-state index contributed by atoms with van der Waals surface area (Å²) in [6.45, 7) is 1.94. The monoisotopic (exact) mass is 306 g/mol. The van der Waals surface area contributed by atoms with Crippen molar-refractivity contribution in [1.82, 2.24) is 5.32 Å². The number of nitriles is 1. The van der Waals surface area contributed by atoms with E-state index in [4.69, 9.17) is 0 Å². The van der Waals surface area contributed by atoms with Crippen LogP contribution in [0.15, 0.2) is 22.7 Å². The molecule has 0 radical (unpaired) electrons. The highest BCUT2D eigenvalue weighted by atomic mass is 79.9. The Morgan fingerprint density at radius 1 is 1.44 bits per heavy atom. The molecule has 0 heterocycles. The third-order valence-corrected chi connectivity index (χ3v) is 4.08. The molecule has 1 saturated carbocycles. The van der Waals surface area contributed by atoms with Crippen LogP contribution in [0, 0.1) is 18.3 Å². The van der Waals surface area contributed by atoms with Crippen LogP contribution in [0.25, 0.3) is 0 Å². The first-order valence-electron chi connectivity index (χ1n) is 6.06. The Morgan fingerprint density at radius 2 is 2.11 bits per heavy atom. The van der Waals surface area contributed by atoms with Crippen LogP contribution in [0.4, 0.5) is 0 Å². The lowest BCUT2D eigenvalue weighted by Gasteiger charge is -2.22. The summed E-state index contributed by atoms with van der Waals surface area (Å²) in [6, 6.07) is 7.90. The maximum absolute atomic E-state index is 12.2. The van der Waals surface area contributed by atoms with E-state index >= 15 is 0 Å². The molecular formula is C14H15BrN2O. The molecule has 0 atom stereocenters. The summed E-state index contributed by atoms with van der Waals surface area (Å²) in [5.74, 6) is -0.172. The van der Waals surface area contributed by atoms with Crippen LogP contribution < -0.4 is 5.32 Å². The standard InChI is InChI=1S/C14H15BrN2O/c1-10-4-5-12(15)11(8-10)13(18)17-14(9-16)6-2-3-7-14/h4-5,8H,2-3,6-7H2,1H3,(H,17,18). The summed E-state index contributed by atoms with van der Waals surface area (Å²) in [5.41, 5.74) is 0.956. The fourth-order valence-corrected chi connectivity index (χ4v) is 2.77. The second-order valence-electron chi connectivity index (χ2n) is 4.84. The Hall–Kier alpha value is -1.34. The van der Waals surface area contributed by atoms with E-state index in [1.807, 2.05) is 25.1 Å². The minimum absolute atomic E-state index is 0.172. The highest BCUT2D eigenvalue weighted by Gasteiger charge is 2.35. The smallest absolute Gasteiger partial charge is 0.253 e. The van der Waals surface area contributed by atoms with E-state index in [1.165, 1.54) is 0 Å². The van der Waals surface area contributed by atoms with E-state index in [9.17, 15) is 10.1 Å². The zero-order valence-corrected chi connectivity index (χ0v) is 11.9. The number of carbonyl (C=O) groups excluding carboxylic acids is 1. The summed E-state index contributed by atoms with van der Waals surface area (Å²) in [7, 11) is 0. The van der Waals surface area contributed by atoms with E-state index in [0.29, 0.717) is 5.56 Å². The number of halogens is 1. The van der Waals surface area contributed by atoms with Gasteiger partial charge >= 0.3 is 0 Å². The van der Waals surface area contributed by atoms with Crippen LogP contribution in [0.1, 0.15) is 41.6 Å². The van der Waals surface area contributed by atoms with Crippen molar-refractivity contribution in [3.63, 3.8) is 0 Å². The Morgan fingerprint density at radius 3 is 2.72 bits per heavy atom. The highest BCUT2D eigenvalue weighted by molar-refractivity contribution is 9.10. The Balaban J connectivity index is 2.22. The molecule has 0 unspecified atom stereocenters. The van der Waals surface area contributed by atoms with Gasteiger partial charge in [0.05, 0.1) is 11.6 Å². The second-order valence-corrected chi connectivity index (χ2v) is 5.69. The van der Waals surface area contributed by atoms with Gasteiger partial charge in [-0.1, -0.05) is 11.6 Å². The van der Waals surface area contributed by atoms with Crippen LogP contribution in [0.5, 0.6) is 0 Å². The normalized spacial score (nSPS) is 17.2. The molecule has 1 aliphatic carbocycles. The molecule has 3 nitrogen and oxygen atoms in total. The van der Waals surface area contributed by atoms with Gasteiger partial charge in [0, 0.05) is 4.47 Å². The molecule has 18 heavy (non-hydrogen) atoms. The van der Waals surface area contributed by atoms with Crippen molar-refractivity contribution in [1.29, 1.82) is 5.26 Å². The van der Waals surface area contributed by atoms with Crippen LogP contribution in [0.2, 0.25) is 0 Å². The Labute approximate surface area is 115 Å². The molecule has 1 N–H and O–H groups in total. The Kier molecular flexibility index (Phi) is 3.72. The molecule has 0 aliphatic heterocycles. The first-order valence-corrected chi connectivity index (χ1v) is 6.85. The van der Waals surface area contributed by atoms with E-state index < -0.39 is 5.54 Å². The van der Waals surface area contributed by atoms with E-state index in [2.05, 4.69) is 27.3 Å². The lowest BCUT2D eigenvalue weighted by atomic mass is 9.99. The summed E-state index contributed by atoms with van der Waals surface area (Å²) in [6.07, 6.45) is 3.50. The average Bonchev–Trinajstić information content (AvgIpc) is 2.81. The number of aryl methyl sites for hydroxylation is 1. The van der Waals surface area contributed by atoms with Crippen molar-refractivity contribution >= 4 is 21.8 Å².